The number of rotatable bonds is 8. The molecule has 0 bridgehead atoms. The van der Waals surface area contributed by atoms with Crippen LogP contribution in [0.25, 0.3) is 0 Å². The normalized spacial score (nSPS) is 17.5. The van der Waals surface area contributed by atoms with E-state index in [0.717, 1.165) is 49.9 Å². The van der Waals surface area contributed by atoms with Crippen molar-refractivity contribution >= 4 is 5.96 Å². The molecule has 1 aliphatic rings. The Morgan fingerprint density at radius 2 is 1.83 bits per heavy atom. The van der Waals surface area contributed by atoms with Crippen molar-refractivity contribution in [1.82, 2.24) is 20.4 Å². The lowest BCUT2D eigenvalue weighted by Crippen LogP contribution is -2.50. The van der Waals surface area contributed by atoms with E-state index in [1.807, 2.05) is 19.2 Å². The van der Waals surface area contributed by atoms with Gasteiger partial charge in [-0.15, -0.1) is 0 Å². The molecular weight excluding hydrogens is 366 g/mol. The number of ether oxygens (including phenoxy) is 2. The second-order valence-corrected chi connectivity index (χ2v) is 8.10. The molecule has 7 heteroatoms. The second-order valence-electron chi connectivity index (χ2n) is 8.10. The Bertz CT molecular complexity index is 655. The van der Waals surface area contributed by atoms with Gasteiger partial charge in [-0.05, 0) is 58.5 Å². The third kappa shape index (κ3) is 6.51. The molecule has 1 heterocycles. The summed E-state index contributed by atoms with van der Waals surface area (Å²) in [6.07, 6.45) is 2.29. The third-order valence-corrected chi connectivity index (χ3v) is 5.70. The largest absolute Gasteiger partial charge is 0.493 e. The van der Waals surface area contributed by atoms with E-state index in [9.17, 15) is 0 Å². The summed E-state index contributed by atoms with van der Waals surface area (Å²) in [6.45, 7) is 7.55. The summed E-state index contributed by atoms with van der Waals surface area (Å²) in [4.78, 5) is 9.17. The molecule has 0 radical (unpaired) electrons. The molecule has 1 aromatic rings. The zero-order valence-corrected chi connectivity index (χ0v) is 19.2. The van der Waals surface area contributed by atoms with E-state index in [1.54, 1.807) is 14.2 Å². The second kappa shape index (κ2) is 11.3. The van der Waals surface area contributed by atoms with E-state index in [-0.39, 0.29) is 6.04 Å². The molecule has 1 aromatic carbocycles. The summed E-state index contributed by atoms with van der Waals surface area (Å²) >= 11 is 0. The molecule has 2 rings (SSSR count). The van der Waals surface area contributed by atoms with Gasteiger partial charge in [-0.3, -0.25) is 4.99 Å². The van der Waals surface area contributed by atoms with Gasteiger partial charge in [0.25, 0.3) is 0 Å². The van der Waals surface area contributed by atoms with Crippen molar-refractivity contribution in [3.8, 4) is 11.5 Å². The van der Waals surface area contributed by atoms with Gasteiger partial charge in [0.15, 0.2) is 17.5 Å². The van der Waals surface area contributed by atoms with Crippen LogP contribution < -0.4 is 20.1 Å². The quantitative estimate of drug-likeness (QED) is 0.511. The first-order chi connectivity index (χ1) is 13.9. The maximum absolute atomic E-state index is 5.48. The Morgan fingerprint density at radius 1 is 1.17 bits per heavy atom. The van der Waals surface area contributed by atoms with E-state index in [4.69, 9.17) is 9.47 Å². The maximum Gasteiger partial charge on any atom is 0.191 e. The number of nitrogens with zero attached hydrogens (tertiary/aromatic N) is 3. The minimum absolute atomic E-state index is 0.177. The fourth-order valence-corrected chi connectivity index (χ4v) is 3.80. The number of guanidine groups is 1. The van der Waals surface area contributed by atoms with E-state index >= 15 is 0 Å². The Labute approximate surface area is 176 Å². The average Bonchev–Trinajstić information content (AvgIpc) is 2.72. The summed E-state index contributed by atoms with van der Waals surface area (Å²) in [5.41, 5.74) is 1.17. The van der Waals surface area contributed by atoms with Crippen molar-refractivity contribution in [2.24, 2.45) is 4.99 Å². The molecule has 1 aliphatic heterocycles. The Balaban J connectivity index is 1.97. The standard InChI is InChI=1S/C22H39N5O2/c1-16(2)27-12-10-18(11-13-27)25-22(23-3)24-15-19(26(4)5)17-8-9-20(28-6)21(14-17)29-7/h8-9,14,16,18-19H,10-13,15H2,1-7H3,(H2,23,24,25). The SMILES string of the molecule is CN=C(NCC(c1ccc(OC)c(OC)c1)N(C)C)NC1CCN(C(C)C)CC1. The molecule has 0 spiro atoms. The van der Waals surface area contributed by atoms with E-state index in [2.05, 4.69) is 59.4 Å². The third-order valence-electron chi connectivity index (χ3n) is 5.70. The molecule has 7 nitrogen and oxygen atoms in total. The van der Waals surface area contributed by atoms with Crippen LogP contribution >= 0.6 is 0 Å². The first-order valence-corrected chi connectivity index (χ1v) is 10.5. The van der Waals surface area contributed by atoms with Crippen LogP contribution in [0.3, 0.4) is 0 Å². The summed E-state index contributed by atoms with van der Waals surface area (Å²) in [6, 6.07) is 7.36. The number of benzene rings is 1. The van der Waals surface area contributed by atoms with E-state index in [1.165, 1.54) is 5.56 Å². The molecule has 0 aromatic heterocycles. The predicted octanol–water partition coefficient (Wildman–Crippen LogP) is 2.34. The van der Waals surface area contributed by atoms with Crippen molar-refractivity contribution in [2.45, 2.75) is 44.8 Å². The van der Waals surface area contributed by atoms with Crippen molar-refractivity contribution in [3.05, 3.63) is 23.8 Å². The van der Waals surface area contributed by atoms with Crippen molar-refractivity contribution in [2.75, 3.05) is 55.0 Å². The average molecular weight is 406 g/mol. The lowest BCUT2D eigenvalue weighted by molar-refractivity contribution is 0.167. The Hall–Kier alpha value is -1.99. The van der Waals surface area contributed by atoms with Crippen LogP contribution in [0.2, 0.25) is 0 Å². The monoisotopic (exact) mass is 405 g/mol. The van der Waals surface area contributed by atoms with Crippen LogP contribution in [0.15, 0.2) is 23.2 Å². The molecule has 1 atom stereocenters. The Kier molecular flexibility index (Phi) is 9.04. The number of likely N-dealkylation sites (N-methyl/N-ethyl adjacent to an activating group) is 1. The number of nitrogens with one attached hydrogen (secondary N) is 2. The smallest absolute Gasteiger partial charge is 0.191 e. The van der Waals surface area contributed by atoms with E-state index < -0.39 is 0 Å². The zero-order chi connectivity index (χ0) is 21.4. The first kappa shape index (κ1) is 23.3. The maximum atomic E-state index is 5.48. The zero-order valence-electron chi connectivity index (χ0n) is 19.2. The Morgan fingerprint density at radius 3 is 2.34 bits per heavy atom. The highest BCUT2D eigenvalue weighted by Gasteiger charge is 2.22. The van der Waals surface area contributed by atoms with Gasteiger partial charge in [0, 0.05) is 38.8 Å². The highest BCUT2D eigenvalue weighted by molar-refractivity contribution is 5.80. The van der Waals surface area contributed by atoms with Gasteiger partial charge in [0.2, 0.25) is 0 Å². The number of hydrogen-bond donors (Lipinski definition) is 2. The first-order valence-electron chi connectivity index (χ1n) is 10.5. The molecular formula is C22H39N5O2. The minimum Gasteiger partial charge on any atom is -0.493 e. The molecule has 29 heavy (non-hydrogen) atoms. The van der Waals surface area contributed by atoms with Gasteiger partial charge in [0.05, 0.1) is 20.3 Å². The molecule has 0 saturated carbocycles. The van der Waals surface area contributed by atoms with Crippen LogP contribution in [-0.4, -0.2) is 82.8 Å². The molecule has 1 saturated heterocycles. The minimum atomic E-state index is 0.177. The number of aliphatic imine (C=N–C) groups is 1. The van der Waals surface area contributed by atoms with Gasteiger partial charge in [-0.2, -0.15) is 0 Å². The summed E-state index contributed by atoms with van der Waals surface area (Å²) in [7, 11) is 9.33. The molecule has 1 fully saturated rings. The summed E-state index contributed by atoms with van der Waals surface area (Å²) in [5, 5.41) is 7.11. The van der Waals surface area contributed by atoms with Gasteiger partial charge in [-0.1, -0.05) is 6.07 Å². The van der Waals surface area contributed by atoms with Gasteiger partial charge in [-0.25, -0.2) is 0 Å². The number of piperidine rings is 1. The van der Waals surface area contributed by atoms with Gasteiger partial charge < -0.3 is 29.9 Å². The predicted molar refractivity (Wildman–Crippen MR) is 120 cm³/mol. The highest BCUT2D eigenvalue weighted by Crippen LogP contribution is 2.31. The molecule has 0 aliphatic carbocycles. The molecule has 0 amide bonds. The molecule has 2 N–H and O–H groups in total. The fraction of sp³-hybridized carbons (Fsp3) is 0.682. The lowest BCUT2D eigenvalue weighted by Gasteiger charge is -2.35. The van der Waals surface area contributed by atoms with Crippen LogP contribution in [-0.2, 0) is 0 Å². The molecule has 1 unspecified atom stereocenters. The van der Waals surface area contributed by atoms with Crippen LogP contribution in [0.4, 0.5) is 0 Å². The van der Waals surface area contributed by atoms with Crippen molar-refractivity contribution < 1.29 is 9.47 Å². The molecule has 164 valence electrons. The van der Waals surface area contributed by atoms with Crippen LogP contribution in [0.1, 0.15) is 38.3 Å². The van der Waals surface area contributed by atoms with Gasteiger partial charge in [0.1, 0.15) is 0 Å². The number of methoxy groups -OCH3 is 2. The lowest BCUT2D eigenvalue weighted by atomic mass is 10.0. The highest BCUT2D eigenvalue weighted by atomic mass is 16.5. The number of likely N-dealkylation sites (tertiary alicyclic amines) is 1. The summed E-state index contributed by atoms with van der Waals surface area (Å²) in [5.74, 6) is 2.35. The van der Waals surface area contributed by atoms with Crippen LogP contribution in [0.5, 0.6) is 11.5 Å². The van der Waals surface area contributed by atoms with Crippen LogP contribution in [0, 0.1) is 0 Å². The topological polar surface area (TPSA) is 61.4 Å². The summed E-state index contributed by atoms with van der Waals surface area (Å²) < 4.78 is 10.8. The van der Waals surface area contributed by atoms with Crippen molar-refractivity contribution in [3.63, 3.8) is 0 Å². The number of hydrogen-bond acceptors (Lipinski definition) is 5. The van der Waals surface area contributed by atoms with Crippen molar-refractivity contribution in [1.29, 1.82) is 0 Å². The van der Waals surface area contributed by atoms with Gasteiger partial charge >= 0.3 is 0 Å². The fourth-order valence-electron chi connectivity index (χ4n) is 3.80. The van der Waals surface area contributed by atoms with E-state index in [0.29, 0.717) is 12.1 Å².